The fraction of sp³-hybridized carbons (Fsp3) is 0.286. The van der Waals surface area contributed by atoms with Crippen molar-refractivity contribution < 1.29 is 18.0 Å². The van der Waals surface area contributed by atoms with Gasteiger partial charge < -0.3 is 9.80 Å². The minimum absolute atomic E-state index is 0.100. The highest BCUT2D eigenvalue weighted by Gasteiger charge is 2.31. The number of hydrogen-bond acceptors (Lipinski definition) is 5. The number of alkyl halides is 3. The van der Waals surface area contributed by atoms with Gasteiger partial charge in [0, 0.05) is 38.5 Å². The Morgan fingerprint density at radius 1 is 1.07 bits per heavy atom. The second-order valence-corrected chi connectivity index (χ2v) is 7.98. The zero-order chi connectivity index (χ0) is 21.1. The molecule has 156 valence electrons. The second kappa shape index (κ2) is 8.43. The lowest BCUT2D eigenvalue weighted by Gasteiger charge is -2.22. The number of benzene rings is 1. The van der Waals surface area contributed by atoms with Crippen molar-refractivity contribution in [1.29, 1.82) is 0 Å². The van der Waals surface area contributed by atoms with Gasteiger partial charge in [0.1, 0.15) is 10.8 Å². The number of carbonyl (C=O) groups is 1. The van der Waals surface area contributed by atoms with E-state index in [1.54, 1.807) is 11.0 Å². The van der Waals surface area contributed by atoms with Crippen LogP contribution in [0, 0.1) is 0 Å². The number of rotatable bonds is 3. The van der Waals surface area contributed by atoms with Crippen LogP contribution in [-0.4, -0.2) is 47.0 Å². The molecule has 1 aromatic carbocycles. The molecule has 0 unspecified atom stereocenters. The van der Waals surface area contributed by atoms with E-state index < -0.39 is 11.7 Å². The van der Waals surface area contributed by atoms with E-state index in [2.05, 4.69) is 9.97 Å². The normalized spacial score (nSPS) is 15.7. The topological polar surface area (TPSA) is 49.3 Å². The summed E-state index contributed by atoms with van der Waals surface area (Å²) in [5.41, 5.74) is 0.141. The molecule has 1 aliphatic heterocycles. The first-order valence-electron chi connectivity index (χ1n) is 9.51. The van der Waals surface area contributed by atoms with Gasteiger partial charge in [-0.05, 0) is 36.8 Å². The van der Waals surface area contributed by atoms with Crippen LogP contribution >= 0.6 is 11.3 Å². The Hall–Kier alpha value is -2.94. The average Bonchev–Trinajstić information content (AvgIpc) is 2.99. The number of para-hydroxylation sites is 1. The van der Waals surface area contributed by atoms with Gasteiger partial charge in [-0.3, -0.25) is 4.79 Å². The van der Waals surface area contributed by atoms with E-state index in [0.29, 0.717) is 38.4 Å². The van der Waals surface area contributed by atoms with Crippen LogP contribution in [-0.2, 0) is 11.0 Å². The van der Waals surface area contributed by atoms with E-state index in [1.807, 2.05) is 29.2 Å². The Morgan fingerprint density at radius 2 is 1.90 bits per heavy atom. The van der Waals surface area contributed by atoms with Crippen molar-refractivity contribution in [1.82, 2.24) is 14.9 Å². The van der Waals surface area contributed by atoms with Crippen molar-refractivity contribution in [3.63, 3.8) is 0 Å². The molecule has 1 fully saturated rings. The zero-order valence-corrected chi connectivity index (χ0v) is 16.8. The van der Waals surface area contributed by atoms with Crippen LogP contribution in [0.2, 0.25) is 0 Å². The number of fused-ring (bicyclic) bond motifs is 1. The summed E-state index contributed by atoms with van der Waals surface area (Å²) in [6, 6.07) is 10.2. The molecule has 5 nitrogen and oxygen atoms in total. The average molecular weight is 432 g/mol. The van der Waals surface area contributed by atoms with Gasteiger partial charge in [-0.25, -0.2) is 9.97 Å². The van der Waals surface area contributed by atoms with Gasteiger partial charge in [-0.1, -0.05) is 12.1 Å². The Labute approximate surface area is 175 Å². The van der Waals surface area contributed by atoms with Crippen molar-refractivity contribution >= 4 is 39.4 Å². The standard InChI is InChI=1S/C21H19F3N4OS/c22-21(23,24)15-6-7-18(25-14-15)27-10-3-11-28(13-12-27)20(29)9-8-19-26-16-4-1-2-5-17(16)30-19/h1-2,4-9,14H,3,10-13H2/b9-8+. The SMILES string of the molecule is O=C(/C=C/c1nc2ccccc2s1)N1CCCN(c2ccc(C(F)(F)F)cn2)CC1. The van der Waals surface area contributed by atoms with E-state index in [4.69, 9.17) is 0 Å². The lowest BCUT2D eigenvalue weighted by molar-refractivity contribution is -0.137. The van der Waals surface area contributed by atoms with E-state index in [9.17, 15) is 18.0 Å². The number of nitrogens with zero attached hydrogens (tertiary/aromatic N) is 4. The van der Waals surface area contributed by atoms with Crippen molar-refractivity contribution in [2.45, 2.75) is 12.6 Å². The quantitative estimate of drug-likeness (QED) is 0.574. The highest BCUT2D eigenvalue weighted by atomic mass is 32.1. The molecular formula is C21H19F3N4OS. The van der Waals surface area contributed by atoms with Gasteiger partial charge in [0.2, 0.25) is 5.91 Å². The molecule has 0 atom stereocenters. The molecule has 3 aromatic rings. The monoisotopic (exact) mass is 432 g/mol. The largest absolute Gasteiger partial charge is 0.417 e. The summed E-state index contributed by atoms with van der Waals surface area (Å²) in [5, 5.41) is 0.773. The number of anilines is 1. The number of hydrogen-bond donors (Lipinski definition) is 0. The summed E-state index contributed by atoms with van der Waals surface area (Å²) in [6.07, 6.45) is 0.424. The van der Waals surface area contributed by atoms with Crippen LogP contribution in [0.1, 0.15) is 17.0 Å². The third-order valence-corrected chi connectivity index (χ3v) is 5.89. The van der Waals surface area contributed by atoms with Gasteiger partial charge >= 0.3 is 6.18 Å². The number of carbonyl (C=O) groups excluding carboxylic acids is 1. The predicted octanol–water partition coefficient (Wildman–Crippen LogP) is 4.46. The van der Waals surface area contributed by atoms with Crippen LogP contribution < -0.4 is 4.90 Å². The summed E-state index contributed by atoms with van der Waals surface area (Å²) in [4.78, 5) is 24.7. The molecule has 30 heavy (non-hydrogen) atoms. The molecule has 0 spiro atoms. The number of thiazole rings is 1. The fourth-order valence-electron chi connectivity index (χ4n) is 3.32. The molecule has 1 saturated heterocycles. The lowest BCUT2D eigenvalue weighted by Crippen LogP contribution is -2.34. The van der Waals surface area contributed by atoms with Crippen LogP contribution in [0.4, 0.5) is 19.0 Å². The second-order valence-electron chi connectivity index (χ2n) is 6.92. The zero-order valence-electron chi connectivity index (χ0n) is 16.0. The van der Waals surface area contributed by atoms with Crippen LogP contribution in [0.5, 0.6) is 0 Å². The maximum atomic E-state index is 12.7. The summed E-state index contributed by atoms with van der Waals surface area (Å²) < 4.78 is 39.2. The van der Waals surface area contributed by atoms with Crippen molar-refractivity contribution in [2.75, 3.05) is 31.1 Å². The van der Waals surface area contributed by atoms with E-state index in [-0.39, 0.29) is 5.91 Å². The van der Waals surface area contributed by atoms with Crippen molar-refractivity contribution in [2.24, 2.45) is 0 Å². The molecular weight excluding hydrogens is 413 g/mol. The molecule has 2 aromatic heterocycles. The third kappa shape index (κ3) is 4.62. The molecule has 0 radical (unpaired) electrons. The van der Waals surface area contributed by atoms with E-state index in [0.717, 1.165) is 27.5 Å². The minimum Gasteiger partial charge on any atom is -0.355 e. The summed E-state index contributed by atoms with van der Waals surface area (Å²) in [7, 11) is 0. The molecule has 0 N–H and O–H groups in total. The minimum atomic E-state index is -4.40. The number of aromatic nitrogens is 2. The first-order valence-corrected chi connectivity index (χ1v) is 10.3. The number of amides is 1. The highest BCUT2D eigenvalue weighted by Crippen LogP contribution is 2.29. The molecule has 4 rings (SSSR count). The first-order chi connectivity index (χ1) is 14.4. The molecule has 9 heteroatoms. The maximum Gasteiger partial charge on any atom is 0.417 e. The molecule has 1 aliphatic rings. The summed E-state index contributed by atoms with van der Waals surface area (Å²) >= 11 is 1.53. The van der Waals surface area contributed by atoms with Crippen LogP contribution in [0.15, 0.2) is 48.7 Å². The maximum absolute atomic E-state index is 12.7. The van der Waals surface area contributed by atoms with E-state index >= 15 is 0 Å². The summed E-state index contributed by atoms with van der Waals surface area (Å²) in [6.45, 7) is 2.20. The lowest BCUT2D eigenvalue weighted by atomic mass is 10.2. The van der Waals surface area contributed by atoms with Crippen molar-refractivity contribution in [3.8, 4) is 0 Å². The number of pyridine rings is 1. The fourth-order valence-corrected chi connectivity index (χ4v) is 4.19. The van der Waals surface area contributed by atoms with Gasteiger partial charge in [0.15, 0.2) is 0 Å². The summed E-state index contributed by atoms with van der Waals surface area (Å²) in [5.74, 6) is 0.388. The Bertz CT molecular complexity index is 1030. The van der Waals surface area contributed by atoms with Crippen molar-refractivity contribution in [3.05, 3.63) is 59.2 Å². The van der Waals surface area contributed by atoms with Gasteiger partial charge in [-0.2, -0.15) is 13.2 Å². The predicted molar refractivity (Wildman–Crippen MR) is 111 cm³/mol. The molecule has 0 bridgehead atoms. The third-order valence-electron chi connectivity index (χ3n) is 4.89. The van der Waals surface area contributed by atoms with Gasteiger partial charge in [0.05, 0.1) is 15.8 Å². The Morgan fingerprint density at radius 3 is 2.63 bits per heavy atom. The van der Waals surface area contributed by atoms with Gasteiger partial charge in [0.25, 0.3) is 0 Å². The molecule has 0 aliphatic carbocycles. The molecule has 1 amide bonds. The molecule has 0 saturated carbocycles. The van der Waals surface area contributed by atoms with Crippen LogP contribution in [0.25, 0.3) is 16.3 Å². The molecule has 3 heterocycles. The van der Waals surface area contributed by atoms with E-state index in [1.165, 1.54) is 23.5 Å². The first kappa shape index (κ1) is 20.3. The van der Waals surface area contributed by atoms with Gasteiger partial charge in [-0.15, -0.1) is 11.3 Å². The number of halogens is 3. The van der Waals surface area contributed by atoms with Crippen LogP contribution in [0.3, 0.4) is 0 Å². The highest BCUT2D eigenvalue weighted by molar-refractivity contribution is 7.19. The Kier molecular flexibility index (Phi) is 5.72. The Balaban J connectivity index is 1.38. The smallest absolute Gasteiger partial charge is 0.355 e.